The van der Waals surface area contributed by atoms with Crippen LogP contribution < -0.4 is 0 Å². The molecule has 1 amide bonds. The third-order valence-electron chi connectivity index (χ3n) is 3.55. The van der Waals surface area contributed by atoms with Crippen LogP contribution in [0.15, 0.2) is 30.3 Å². The van der Waals surface area contributed by atoms with E-state index >= 15 is 0 Å². The molecule has 0 saturated carbocycles. The summed E-state index contributed by atoms with van der Waals surface area (Å²) in [5.41, 5.74) is 0.899. The molecule has 21 heavy (non-hydrogen) atoms. The minimum Gasteiger partial charge on any atom is -0.469 e. The first-order valence-corrected chi connectivity index (χ1v) is 6.83. The molecule has 0 radical (unpaired) electrons. The van der Waals surface area contributed by atoms with Gasteiger partial charge in [0.05, 0.1) is 25.7 Å². The molecule has 0 aliphatic carbocycles. The van der Waals surface area contributed by atoms with Crippen molar-refractivity contribution in [2.75, 3.05) is 20.2 Å². The highest BCUT2D eigenvalue weighted by atomic mass is 16.6. The number of piperidine rings is 1. The van der Waals surface area contributed by atoms with Gasteiger partial charge >= 0.3 is 12.1 Å². The Labute approximate surface area is 123 Å². The summed E-state index contributed by atoms with van der Waals surface area (Å²) in [5, 5.41) is 9.92. The second-order valence-electron chi connectivity index (χ2n) is 4.97. The number of aliphatic hydroxyl groups is 1. The zero-order valence-corrected chi connectivity index (χ0v) is 11.9. The van der Waals surface area contributed by atoms with Crippen molar-refractivity contribution < 1.29 is 24.2 Å². The standard InChI is InChI=1S/C15H19NO5/c1-20-14(18)12-7-8-16(9-13(12)17)15(19)21-10-11-5-3-2-4-6-11/h2-6,12-13,17H,7-10H2,1H3. The number of methoxy groups -OCH3 is 1. The Bertz CT molecular complexity index is 490. The van der Waals surface area contributed by atoms with Gasteiger partial charge in [-0.15, -0.1) is 0 Å². The van der Waals surface area contributed by atoms with E-state index in [1.807, 2.05) is 30.3 Å². The maximum absolute atomic E-state index is 11.9. The van der Waals surface area contributed by atoms with Crippen LogP contribution in [0.25, 0.3) is 0 Å². The molecule has 1 aliphatic heterocycles. The van der Waals surface area contributed by atoms with Gasteiger partial charge < -0.3 is 19.5 Å². The number of hydrogen-bond donors (Lipinski definition) is 1. The predicted octanol–water partition coefficient (Wildman–Crippen LogP) is 1.18. The van der Waals surface area contributed by atoms with E-state index in [2.05, 4.69) is 4.74 Å². The van der Waals surface area contributed by atoms with E-state index in [0.717, 1.165) is 5.56 Å². The molecule has 1 fully saturated rings. The topological polar surface area (TPSA) is 76.1 Å². The third-order valence-corrected chi connectivity index (χ3v) is 3.55. The number of likely N-dealkylation sites (tertiary alicyclic amines) is 1. The van der Waals surface area contributed by atoms with Gasteiger partial charge in [0, 0.05) is 6.54 Å². The molecule has 1 aromatic carbocycles. The van der Waals surface area contributed by atoms with Crippen LogP contribution in [0.3, 0.4) is 0 Å². The van der Waals surface area contributed by atoms with Crippen molar-refractivity contribution in [1.82, 2.24) is 4.90 Å². The van der Waals surface area contributed by atoms with Crippen LogP contribution in [0.4, 0.5) is 4.79 Å². The molecule has 1 saturated heterocycles. The summed E-state index contributed by atoms with van der Waals surface area (Å²) in [5.74, 6) is -1.02. The number of ether oxygens (including phenoxy) is 2. The van der Waals surface area contributed by atoms with Crippen LogP contribution in [0, 0.1) is 5.92 Å². The van der Waals surface area contributed by atoms with Crippen LogP contribution in [0.5, 0.6) is 0 Å². The second kappa shape index (κ2) is 7.08. The van der Waals surface area contributed by atoms with E-state index in [1.165, 1.54) is 12.0 Å². The average molecular weight is 293 g/mol. The molecule has 6 heteroatoms. The summed E-state index contributed by atoms with van der Waals surface area (Å²) in [4.78, 5) is 24.8. The Kier molecular flexibility index (Phi) is 5.16. The highest BCUT2D eigenvalue weighted by molar-refractivity contribution is 5.74. The van der Waals surface area contributed by atoms with E-state index in [-0.39, 0.29) is 13.2 Å². The summed E-state index contributed by atoms with van der Waals surface area (Å²) in [7, 11) is 1.29. The fourth-order valence-electron chi connectivity index (χ4n) is 2.33. The first kappa shape index (κ1) is 15.3. The maximum atomic E-state index is 11.9. The van der Waals surface area contributed by atoms with Crippen LogP contribution in [-0.2, 0) is 20.9 Å². The number of nitrogens with zero attached hydrogens (tertiary/aromatic N) is 1. The highest BCUT2D eigenvalue weighted by Gasteiger charge is 2.35. The molecule has 0 spiro atoms. The lowest BCUT2D eigenvalue weighted by molar-refractivity contribution is -0.152. The summed E-state index contributed by atoms with van der Waals surface area (Å²) in [6.07, 6.45) is -1.04. The molecule has 114 valence electrons. The average Bonchev–Trinajstić information content (AvgIpc) is 2.52. The Balaban J connectivity index is 1.83. The molecule has 2 atom stereocenters. The van der Waals surface area contributed by atoms with Gasteiger partial charge in [0.25, 0.3) is 0 Å². The lowest BCUT2D eigenvalue weighted by Gasteiger charge is -2.33. The minimum atomic E-state index is -0.921. The van der Waals surface area contributed by atoms with E-state index in [9.17, 15) is 14.7 Å². The van der Waals surface area contributed by atoms with Gasteiger partial charge in [0.2, 0.25) is 0 Å². The molecule has 2 rings (SSSR count). The van der Waals surface area contributed by atoms with E-state index in [0.29, 0.717) is 13.0 Å². The van der Waals surface area contributed by atoms with Crippen molar-refractivity contribution in [2.24, 2.45) is 5.92 Å². The number of hydrogen-bond acceptors (Lipinski definition) is 5. The molecule has 6 nitrogen and oxygen atoms in total. The van der Waals surface area contributed by atoms with Crippen LogP contribution in [0.1, 0.15) is 12.0 Å². The fraction of sp³-hybridized carbons (Fsp3) is 0.467. The maximum Gasteiger partial charge on any atom is 0.410 e. The van der Waals surface area contributed by atoms with Gasteiger partial charge in [0.1, 0.15) is 6.61 Å². The lowest BCUT2D eigenvalue weighted by atomic mass is 9.94. The summed E-state index contributed by atoms with van der Waals surface area (Å²) >= 11 is 0. The Morgan fingerprint density at radius 3 is 2.67 bits per heavy atom. The first-order chi connectivity index (χ1) is 10.1. The first-order valence-electron chi connectivity index (χ1n) is 6.83. The number of esters is 1. The van der Waals surface area contributed by atoms with Gasteiger partial charge in [-0.1, -0.05) is 30.3 Å². The molecular weight excluding hydrogens is 274 g/mol. The highest BCUT2D eigenvalue weighted by Crippen LogP contribution is 2.20. The van der Waals surface area contributed by atoms with Gasteiger partial charge in [0.15, 0.2) is 0 Å². The summed E-state index contributed by atoms with van der Waals surface area (Å²) in [6, 6.07) is 9.36. The molecule has 1 heterocycles. The zero-order chi connectivity index (χ0) is 15.2. The van der Waals surface area contributed by atoms with Crippen molar-refractivity contribution in [3.63, 3.8) is 0 Å². The Morgan fingerprint density at radius 2 is 2.05 bits per heavy atom. The fourth-order valence-corrected chi connectivity index (χ4v) is 2.33. The lowest BCUT2D eigenvalue weighted by Crippen LogP contribution is -2.49. The van der Waals surface area contributed by atoms with E-state index in [4.69, 9.17) is 4.74 Å². The van der Waals surface area contributed by atoms with Crippen molar-refractivity contribution >= 4 is 12.1 Å². The number of aliphatic hydroxyl groups excluding tert-OH is 1. The van der Waals surface area contributed by atoms with Gasteiger partial charge in [-0.3, -0.25) is 4.79 Å². The molecule has 0 aromatic heterocycles. The third kappa shape index (κ3) is 3.95. The predicted molar refractivity (Wildman–Crippen MR) is 74.3 cm³/mol. The van der Waals surface area contributed by atoms with Crippen molar-refractivity contribution in [3.8, 4) is 0 Å². The molecule has 1 aromatic rings. The number of carbonyl (C=O) groups excluding carboxylic acids is 2. The minimum absolute atomic E-state index is 0.0768. The van der Waals surface area contributed by atoms with Crippen molar-refractivity contribution in [3.05, 3.63) is 35.9 Å². The van der Waals surface area contributed by atoms with Gasteiger partial charge in [-0.2, -0.15) is 0 Å². The SMILES string of the molecule is COC(=O)C1CCN(C(=O)OCc2ccccc2)CC1O. The van der Waals surface area contributed by atoms with Gasteiger partial charge in [-0.05, 0) is 12.0 Å². The van der Waals surface area contributed by atoms with Crippen molar-refractivity contribution in [2.45, 2.75) is 19.1 Å². The smallest absolute Gasteiger partial charge is 0.410 e. The summed E-state index contributed by atoms with van der Waals surface area (Å²) in [6.45, 7) is 0.630. The number of β-amino-alcohol motifs (C(OH)–C–C–N with tert-alkyl or cyclic N) is 1. The second-order valence-corrected chi connectivity index (χ2v) is 4.97. The zero-order valence-electron chi connectivity index (χ0n) is 11.9. The number of amides is 1. The Morgan fingerprint density at radius 1 is 1.33 bits per heavy atom. The molecular formula is C15H19NO5. The number of carbonyl (C=O) groups is 2. The van der Waals surface area contributed by atoms with Crippen LogP contribution in [-0.4, -0.2) is 48.4 Å². The van der Waals surface area contributed by atoms with E-state index < -0.39 is 24.1 Å². The normalized spacial score (nSPS) is 21.7. The monoisotopic (exact) mass is 293 g/mol. The quantitative estimate of drug-likeness (QED) is 0.847. The largest absolute Gasteiger partial charge is 0.469 e. The molecule has 1 aliphatic rings. The molecule has 0 bridgehead atoms. The number of benzene rings is 1. The molecule has 1 N–H and O–H groups in total. The van der Waals surface area contributed by atoms with Crippen LogP contribution in [0.2, 0.25) is 0 Å². The van der Waals surface area contributed by atoms with E-state index in [1.54, 1.807) is 0 Å². The Hall–Kier alpha value is -2.08. The van der Waals surface area contributed by atoms with Crippen LogP contribution >= 0.6 is 0 Å². The number of rotatable bonds is 3. The summed E-state index contributed by atoms with van der Waals surface area (Å²) < 4.78 is 9.83. The van der Waals surface area contributed by atoms with Gasteiger partial charge in [-0.25, -0.2) is 4.79 Å². The van der Waals surface area contributed by atoms with Crippen molar-refractivity contribution in [1.29, 1.82) is 0 Å². The molecule has 2 unspecified atom stereocenters.